The lowest BCUT2D eigenvalue weighted by atomic mass is 9.97. The maximum Gasteiger partial charge on any atom is 0.417 e. The van der Waals surface area contributed by atoms with Crippen LogP contribution in [0.2, 0.25) is 0 Å². The lowest BCUT2D eigenvalue weighted by Gasteiger charge is -2.26. The number of H-pyrrole nitrogens is 1. The molecule has 7 heteroatoms. The second kappa shape index (κ2) is 5.72. The van der Waals surface area contributed by atoms with E-state index in [1.54, 1.807) is 0 Å². The van der Waals surface area contributed by atoms with Gasteiger partial charge in [0, 0.05) is 29.1 Å². The van der Waals surface area contributed by atoms with E-state index in [9.17, 15) is 22.8 Å². The number of aromatic amines is 1. The fourth-order valence-corrected chi connectivity index (χ4v) is 2.63. The topological polar surface area (TPSA) is 62.0 Å². The van der Waals surface area contributed by atoms with E-state index in [1.807, 2.05) is 13.8 Å². The van der Waals surface area contributed by atoms with Gasteiger partial charge in [-0.25, -0.2) is 0 Å². The molecule has 0 atom stereocenters. The minimum Gasteiger partial charge on any atom is -0.380 e. The second-order valence-electron chi connectivity index (χ2n) is 6.19. The number of aromatic nitrogens is 1. The first kappa shape index (κ1) is 17.1. The highest BCUT2D eigenvalue weighted by atomic mass is 19.4. The van der Waals surface area contributed by atoms with Crippen LogP contribution in [0.3, 0.4) is 0 Å². The molecule has 1 aromatic carbocycles. The van der Waals surface area contributed by atoms with Crippen LogP contribution in [-0.4, -0.2) is 16.3 Å². The normalized spacial score (nSPS) is 12.4. The third-order valence-corrected chi connectivity index (χ3v) is 3.32. The molecule has 0 saturated heterocycles. The van der Waals surface area contributed by atoms with Gasteiger partial charge in [-0.1, -0.05) is 6.07 Å². The molecule has 0 spiro atoms. The molecule has 4 nitrogen and oxygen atoms in total. The quantitative estimate of drug-likeness (QED) is 0.900. The lowest BCUT2D eigenvalue weighted by molar-refractivity contribution is -0.136. The van der Waals surface area contributed by atoms with E-state index >= 15 is 0 Å². The molecule has 0 amide bonds. The molecule has 1 aromatic heterocycles. The number of benzene rings is 1. The number of halogens is 3. The molecule has 0 radical (unpaired) electrons. The molecule has 124 valence electrons. The molecule has 23 heavy (non-hydrogen) atoms. The van der Waals surface area contributed by atoms with Gasteiger partial charge in [0.05, 0.1) is 11.1 Å². The van der Waals surface area contributed by atoms with Crippen LogP contribution in [-0.2, 0) is 11.0 Å². The van der Waals surface area contributed by atoms with Gasteiger partial charge in [0.25, 0.3) is 0 Å². The number of rotatable bonds is 4. The van der Waals surface area contributed by atoms with Crippen molar-refractivity contribution >= 4 is 22.4 Å². The van der Waals surface area contributed by atoms with Crippen molar-refractivity contribution in [2.45, 2.75) is 38.9 Å². The van der Waals surface area contributed by atoms with E-state index in [2.05, 4.69) is 10.3 Å². The Hall–Kier alpha value is -2.31. The van der Waals surface area contributed by atoms with Gasteiger partial charge in [0.15, 0.2) is 0 Å². The number of nitrogens with one attached hydrogen (secondary N) is 2. The van der Waals surface area contributed by atoms with Crippen LogP contribution < -0.4 is 10.9 Å². The van der Waals surface area contributed by atoms with Crippen molar-refractivity contribution in [3.8, 4) is 0 Å². The molecule has 0 bridgehead atoms. The first-order valence-corrected chi connectivity index (χ1v) is 7.00. The van der Waals surface area contributed by atoms with E-state index < -0.39 is 22.8 Å². The van der Waals surface area contributed by atoms with Crippen molar-refractivity contribution in [1.29, 1.82) is 0 Å². The Labute approximate surface area is 130 Å². The van der Waals surface area contributed by atoms with Crippen LogP contribution in [0, 0.1) is 0 Å². The van der Waals surface area contributed by atoms with Gasteiger partial charge in [-0.3, -0.25) is 9.59 Å². The predicted octanol–water partition coefficient (Wildman–Crippen LogP) is 3.72. The van der Waals surface area contributed by atoms with Crippen molar-refractivity contribution in [2.24, 2.45) is 0 Å². The van der Waals surface area contributed by atoms with Crippen LogP contribution in [0.5, 0.6) is 0 Å². The van der Waals surface area contributed by atoms with Crippen LogP contribution in [0.15, 0.2) is 29.1 Å². The van der Waals surface area contributed by atoms with Gasteiger partial charge < -0.3 is 10.3 Å². The lowest BCUT2D eigenvalue weighted by Crippen LogP contribution is -2.33. The largest absolute Gasteiger partial charge is 0.417 e. The number of carbonyl (C=O) groups is 1. The summed E-state index contributed by atoms with van der Waals surface area (Å²) in [5.74, 6) is -0.00365. The summed E-state index contributed by atoms with van der Waals surface area (Å²) in [7, 11) is 0. The summed E-state index contributed by atoms with van der Waals surface area (Å²) in [4.78, 5) is 25.1. The van der Waals surface area contributed by atoms with Gasteiger partial charge in [-0.15, -0.1) is 0 Å². The van der Waals surface area contributed by atoms with E-state index in [1.165, 1.54) is 25.1 Å². The van der Waals surface area contributed by atoms with E-state index in [0.29, 0.717) is 11.8 Å². The summed E-state index contributed by atoms with van der Waals surface area (Å²) < 4.78 is 39.0. The van der Waals surface area contributed by atoms with Crippen molar-refractivity contribution < 1.29 is 18.0 Å². The van der Waals surface area contributed by atoms with Gasteiger partial charge in [0.1, 0.15) is 5.78 Å². The van der Waals surface area contributed by atoms with Crippen molar-refractivity contribution in [2.75, 3.05) is 5.32 Å². The third-order valence-electron chi connectivity index (χ3n) is 3.32. The average molecular weight is 326 g/mol. The molecule has 2 N–H and O–H groups in total. The maximum atomic E-state index is 13.0. The molecular weight excluding hydrogens is 309 g/mol. The van der Waals surface area contributed by atoms with E-state index in [4.69, 9.17) is 0 Å². The molecule has 1 heterocycles. The maximum absolute atomic E-state index is 13.0. The van der Waals surface area contributed by atoms with Crippen LogP contribution in [0.25, 0.3) is 10.9 Å². The predicted molar refractivity (Wildman–Crippen MR) is 82.6 cm³/mol. The van der Waals surface area contributed by atoms with Gasteiger partial charge in [0.2, 0.25) is 5.56 Å². The summed E-state index contributed by atoms with van der Waals surface area (Å²) in [6.07, 6.45) is -4.33. The van der Waals surface area contributed by atoms with Crippen LogP contribution in [0.1, 0.15) is 32.8 Å². The molecule has 0 unspecified atom stereocenters. The van der Waals surface area contributed by atoms with Gasteiger partial charge in [-0.05, 0) is 32.9 Å². The zero-order valence-corrected chi connectivity index (χ0v) is 13.0. The Bertz CT molecular complexity index is 807. The average Bonchev–Trinajstić information content (AvgIpc) is 2.33. The SMILES string of the molecule is CC(=O)CC(C)(C)Nc1ccc2c(C(F)(F)F)cc(=O)[nH]c2c1. The molecule has 2 rings (SSSR count). The summed E-state index contributed by atoms with van der Waals surface area (Å²) in [6.45, 7) is 5.10. The van der Waals surface area contributed by atoms with E-state index in [0.717, 1.165) is 0 Å². The number of alkyl halides is 3. The van der Waals surface area contributed by atoms with Crippen LogP contribution >= 0.6 is 0 Å². The summed E-state index contributed by atoms with van der Waals surface area (Å²) >= 11 is 0. The van der Waals surface area contributed by atoms with Crippen molar-refractivity contribution in [1.82, 2.24) is 4.98 Å². The number of hydrogen-bond acceptors (Lipinski definition) is 3. The van der Waals surface area contributed by atoms with Crippen LogP contribution in [0.4, 0.5) is 18.9 Å². The molecule has 0 aliphatic carbocycles. The van der Waals surface area contributed by atoms with E-state index in [-0.39, 0.29) is 23.1 Å². The molecule has 0 fully saturated rings. The Morgan fingerprint density at radius 1 is 1.22 bits per heavy atom. The standard InChI is InChI=1S/C16H17F3N2O2/c1-9(22)8-15(2,3)21-10-4-5-11-12(16(17,18)19)7-14(23)20-13(11)6-10/h4-7,21H,8H2,1-3H3,(H,20,23). The summed E-state index contributed by atoms with van der Waals surface area (Å²) in [6, 6.07) is 4.79. The first-order valence-electron chi connectivity index (χ1n) is 7.00. The minimum atomic E-state index is -4.60. The number of carbonyl (C=O) groups excluding carboxylic acids is 1. The highest BCUT2D eigenvalue weighted by molar-refractivity contribution is 5.86. The van der Waals surface area contributed by atoms with Gasteiger partial charge >= 0.3 is 6.18 Å². The number of hydrogen-bond donors (Lipinski definition) is 2. The van der Waals surface area contributed by atoms with Crippen molar-refractivity contribution in [3.63, 3.8) is 0 Å². The Morgan fingerprint density at radius 2 is 1.87 bits per heavy atom. The number of fused-ring (bicyclic) bond motifs is 1. The minimum absolute atomic E-state index is 0.00365. The fraction of sp³-hybridized carbons (Fsp3) is 0.375. The molecule has 0 saturated carbocycles. The second-order valence-corrected chi connectivity index (χ2v) is 6.19. The number of anilines is 1. The number of ketones is 1. The van der Waals surface area contributed by atoms with Gasteiger partial charge in [-0.2, -0.15) is 13.2 Å². The molecule has 0 aliphatic rings. The highest BCUT2D eigenvalue weighted by Crippen LogP contribution is 2.34. The highest BCUT2D eigenvalue weighted by Gasteiger charge is 2.33. The Kier molecular flexibility index (Phi) is 4.24. The first-order chi connectivity index (χ1) is 10.5. The summed E-state index contributed by atoms with van der Waals surface area (Å²) in [5, 5.41) is 3.02. The monoisotopic (exact) mass is 326 g/mol. The molecular formula is C16H17F3N2O2. The zero-order valence-electron chi connectivity index (χ0n) is 13.0. The Balaban J connectivity index is 2.48. The molecule has 2 aromatic rings. The van der Waals surface area contributed by atoms with Crippen molar-refractivity contribution in [3.05, 3.63) is 40.2 Å². The number of pyridine rings is 1. The number of Topliss-reactive ketones (excluding diaryl/α,β-unsaturated/α-hetero) is 1. The Morgan fingerprint density at radius 3 is 2.43 bits per heavy atom. The zero-order chi connectivity index (χ0) is 17.4. The summed E-state index contributed by atoms with van der Waals surface area (Å²) in [5.41, 5.74) is -1.72. The molecule has 0 aliphatic heterocycles. The third kappa shape index (κ3) is 4.12. The fourth-order valence-electron chi connectivity index (χ4n) is 2.63. The smallest absolute Gasteiger partial charge is 0.380 e.